The number of hydrogen-bond donors (Lipinski definition) is 3. The van der Waals surface area contributed by atoms with Crippen molar-refractivity contribution in [3.8, 4) is 5.75 Å². The molecule has 4 aromatic carbocycles. The van der Waals surface area contributed by atoms with Crippen LogP contribution in [0.5, 0.6) is 5.75 Å². The summed E-state index contributed by atoms with van der Waals surface area (Å²) in [5.41, 5.74) is 2.50. The molecule has 0 aliphatic rings. The SMILES string of the molecule is COc1ccc(NC(=O)c2cc(NC(=O)c3ccccc3)cc(NC(=O)c3ccccc3)c2)cc1. The van der Waals surface area contributed by atoms with Crippen molar-refractivity contribution in [2.45, 2.75) is 0 Å². The van der Waals surface area contributed by atoms with E-state index in [1.54, 1.807) is 98.1 Å². The molecule has 0 bridgehead atoms. The van der Waals surface area contributed by atoms with E-state index in [0.29, 0.717) is 33.9 Å². The van der Waals surface area contributed by atoms with Gasteiger partial charge in [0.2, 0.25) is 0 Å². The lowest BCUT2D eigenvalue weighted by molar-refractivity contribution is 0.101. The Hall–Kier alpha value is -4.91. The van der Waals surface area contributed by atoms with E-state index in [-0.39, 0.29) is 17.4 Å². The lowest BCUT2D eigenvalue weighted by Crippen LogP contribution is -2.17. The fraction of sp³-hybridized carbons (Fsp3) is 0.0357. The molecular formula is C28H23N3O4. The number of rotatable bonds is 7. The zero-order chi connectivity index (χ0) is 24.6. The lowest BCUT2D eigenvalue weighted by Gasteiger charge is -2.13. The summed E-state index contributed by atoms with van der Waals surface area (Å²) in [6, 6.07) is 29.1. The molecule has 0 heterocycles. The van der Waals surface area contributed by atoms with Gasteiger partial charge in [0, 0.05) is 33.8 Å². The first-order chi connectivity index (χ1) is 17.0. The van der Waals surface area contributed by atoms with Gasteiger partial charge in [0.05, 0.1) is 7.11 Å². The van der Waals surface area contributed by atoms with Crippen LogP contribution in [0.1, 0.15) is 31.1 Å². The Balaban J connectivity index is 1.61. The van der Waals surface area contributed by atoms with Crippen molar-refractivity contribution in [3.05, 3.63) is 120 Å². The third-order valence-corrected chi connectivity index (χ3v) is 5.13. The maximum Gasteiger partial charge on any atom is 0.255 e. The minimum atomic E-state index is -0.402. The molecule has 4 aromatic rings. The highest BCUT2D eigenvalue weighted by Gasteiger charge is 2.14. The predicted octanol–water partition coefficient (Wildman–Crippen LogP) is 5.45. The molecule has 0 atom stereocenters. The van der Waals surface area contributed by atoms with Crippen molar-refractivity contribution < 1.29 is 19.1 Å². The number of methoxy groups -OCH3 is 1. The summed E-state index contributed by atoms with van der Waals surface area (Å²) in [5, 5.41) is 8.41. The second-order valence-electron chi connectivity index (χ2n) is 7.62. The maximum atomic E-state index is 13.0. The second kappa shape index (κ2) is 10.8. The van der Waals surface area contributed by atoms with E-state index in [1.165, 1.54) is 0 Å². The van der Waals surface area contributed by atoms with Crippen molar-refractivity contribution in [2.75, 3.05) is 23.1 Å². The quantitative estimate of drug-likeness (QED) is 0.338. The van der Waals surface area contributed by atoms with Crippen molar-refractivity contribution in [3.63, 3.8) is 0 Å². The minimum absolute atomic E-state index is 0.259. The first kappa shape index (κ1) is 23.3. The van der Waals surface area contributed by atoms with E-state index in [1.807, 2.05) is 12.1 Å². The largest absolute Gasteiger partial charge is 0.497 e. The van der Waals surface area contributed by atoms with Gasteiger partial charge in [-0.3, -0.25) is 14.4 Å². The fourth-order valence-electron chi connectivity index (χ4n) is 3.37. The Morgan fingerprint density at radius 2 is 0.943 bits per heavy atom. The summed E-state index contributed by atoms with van der Waals surface area (Å²) >= 11 is 0. The van der Waals surface area contributed by atoms with Crippen LogP contribution in [0.2, 0.25) is 0 Å². The highest BCUT2D eigenvalue weighted by molar-refractivity contribution is 6.10. The van der Waals surface area contributed by atoms with E-state index in [0.717, 1.165) is 0 Å². The molecule has 0 radical (unpaired) electrons. The van der Waals surface area contributed by atoms with Gasteiger partial charge in [-0.2, -0.15) is 0 Å². The molecule has 0 fully saturated rings. The summed E-state index contributed by atoms with van der Waals surface area (Å²) < 4.78 is 5.14. The third kappa shape index (κ3) is 6.11. The Morgan fingerprint density at radius 1 is 0.514 bits per heavy atom. The molecule has 0 saturated carbocycles. The van der Waals surface area contributed by atoms with Crippen LogP contribution in [-0.4, -0.2) is 24.8 Å². The van der Waals surface area contributed by atoms with Crippen LogP contribution >= 0.6 is 0 Å². The molecule has 3 N–H and O–H groups in total. The molecule has 7 heteroatoms. The van der Waals surface area contributed by atoms with E-state index in [9.17, 15) is 14.4 Å². The number of anilines is 3. The molecular weight excluding hydrogens is 442 g/mol. The van der Waals surface area contributed by atoms with Gasteiger partial charge in [-0.1, -0.05) is 36.4 Å². The highest BCUT2D eigenvalue weighted by atomic mass is 16.5. The smallest absolute Gasteiger partial charge is 0.255 e. The maximum absolute atomic E-state index is 13.0. The van der Waals surface area contributed by atoms with Gasteiger partial charge in [0.1, 0.15) is 5.75 Å². The number of nitrogens with one attached hydrogen (secondary N) is 3. The number of amides is 3. The predicted molar refractivity (Wildman–Crippen MR) is 136 cm³/mol. The Morgan fingerprint density at radius 3 is 1.40 bits per heavy atom. The summed E-state index contributed by atoms with van der Waals surface area (Å²) in [4.78, 5) is 38.4. The average molecular weight is 466 g/mol. The normalized spacial score (nSPS) is 10.2. The number of benzene rings is 4. The molecule has 0 spiro atoms. The van der Waals surface area contributed by atoms with Gasteiger partial charge in [0.15, 0.2) is 0 Å². The topological polar surface area (TPSA) is 96.5 Å². The molecule has 0 aliphatic carbocycles. The van der Waals surface area contributed by atoms with Gasteiger partial charge in [-0.15, -0.1) is 0 Å². The Bertz CT molecular complexity index is 1270. The van der Waals surface area contributed by atoms with Crippen LogP contribution < -0.4 is 20.7 Å². The van der Waals surface area contributed by atoms with Gasteiger partial charge < -0.3 is 20.7 Å². The molecule has 0 saturated heterocycles. The number of ether oxygens (including phenoxy) is 1. The molecule has 3 amide bonds. The van der Waals surface area contributed by atoms with E-state index >= 15 is 0 Å². The van der Waals surface area contributed by atoms with Crippen molar-refractivity contribution in [1.29, 1.82) is 0 Å². The zero-order valence-corrected chi connectivity index (χ0v) is 18.9. The van der Waals surface area contributed by atoms with Crippen LogP contribution in [0.3, 0.4) is 0 Å². The fourth-order valence-corrected chi connectivity index (χ4v) is 3.37. The first-order valence-electron chi connectivity index (χ1n) is 10.8. The van der Waals surface area contributed by atoms with Crippen LogP contribution in [0, 0.1) is 0 Å². The molecule has 4 rings (SSSR count). The van der Waals surface area contributed by atoms with Crippen LogP contribution in [0.15, 0.2) is 103 Å². The summed E-state index contributed by atoms with van der Waals surface area (Å²) in [6.07, 6.45) is 0. The minimum Gasteiger partial charge on any atom is -0.497 e. The summed E-state index contributed by atoms with van der Waals surface area (Å²) in [6.45, 7) is 0. The van der Waals surface area contributed by atoms with Crippen LogP contribution in [-0.2, 0) is 0 Å². The number of carbonyl (C=O) groups excluding carboxylic acids is 3. The van der Waals surface area contributed by atoms with Crippen molar-refractivity contribution >= 4 is 34.8 Å². The molecule has 35 heavy (non-hydrogen) atoms. The Kier molecular flexibility index (Phi) is 7.18. The van der Waals surface area contributed by atoms with Crippen molar-refractivity contribution in [1.82, 2.24) is 0 Å². The molecule has 0 aromatic heterocycles. The average Bonchev–Trinajstić information content (AvgIpc) is 2.90. The van der Waals surface area contributed by atoms with Crippen LogP contribution in [0.25, 0.3) is 0 Å². The first-order valence-corrected chi connectivity index (χ1v) is 10.8. The molecule has 0 unspecified atom stereocenters. The van der Waals surface area contributed by atoms with Gasteiger partial charge >= 0.3 is 0 Å². The standard InChI is InChI=1S/C28H23N3O4/c1-35-25-14-12-22(13-15-25)29-28(34)21-16-23(30-26(32)19-8-4-2-5-9-19)18-24(17-21)31-27(33)20-10-6-3-7-11-20/h2-18H,1H3,(H,29,34)(H,30,32)(H,31,33). The highest BCUT2D eigenvalue weighted by Crippen LogP contribution is 2.23. The third-order valence-electron chi connectivity index (χ3n) is 5.13. The molecule has 174 valence electrons. The van der Waals surface area contributed by atoms with Crippen LogP contribution in [0.4, 0.5) is 17.1 Å². The zero-order valence-electron chi connectivity index (χ0n) is 18.9. The number of hydrogen-bond acceptors (Lipinski definition) is 4. The lowest BCUT2D eigenvalue weighted by atomic mass is 10.1. The van der Waals surface area contributed by atoms with Gasteiger partial charge in [-0.25, -0.2) is 0 Å². The summed E-state index contributed by atoms with van der Waals surface area (Å²) in [5.74, 6) is -0.405. The second-order valence-corrected chi connectivity index (χ2v) is 7.62. The van der Waals surface area contributed by atoms with Gasteiger partial charge in [0.25, 0.3) is 17.7 Å². The molecule has 0 aliphatic heterocycles. The van der Waals surface area contributed by atoms with E-state index < -0.39 is 5.91 Å². The molecule has 7 nitrogen and oxygen atoms in total. The summed E-state index contributed by atoms with van der Waals surface area (Å²) in [7, 11) is 1.56. The van der Waals surface area contributed by atoms with E-state index in [2.05, 4.69) is 16.0 Å². The van der Waals surface area contributed by atoms with Gasteiger partial charge in [-0.05, 0) is 66.7 Å². The monoisotopic (exact) mass is 465 g/mol. The Labute approximate surface area is 202 Å². The number of carbonyl (C=O) groups is 3. The van der Waals surface area contributed by atoms with E-state index in [4.69, 9.17) is 4.74 Å². The van der Waals surface area contributed by atoms with Crippen molar-refractivity contribution in [2.24, 2.45) is 0 Å².